The van der Waals surface area contributed by atoms with E-state index in [-0.39, 0.29) is 64.8 Å². The normalized spacial score (nSPS) is 11.2. The van der Waals surface area contributed by atoms with Gasteiger partial charge in [-0.1, -0.05) is 102 Å². The molecule has 4 rings (SSSR count). The summed E-state index contributed by atoms with van der Waals surface area (Å²) in [6.07, 6.45) is 16.4. The molecule has 0 fully saturated rings. The number of aromatic hydroxyl groups is 1. The second kappa shape index (κ2) is 23.8. The van der Waals surface area contributed by atoms with Crippen LogP contribution in [0.3, 0.4) is 0 Å². The van der Waals surface area contributed by atoms with Crippen molar-refractivity contribution in [2.24, 2.45) is 0 Å². The molecule has 4 aromatic carbocycles. The van der Waals surface area contributed by atoms with Crippen molar-refractivity contribution < 1.29 is 45.6 Å². The fourth-order valence-electron chi connectivity index (χ4n) is 5.41. The predicted octanol–water partition coefficient (Wildman–Crippen LogP) is 9.31. The molecular weight excluding hydrogens is 745 g/mol. The van der Waals surface area contributed by atoms with Crippen LogP contribution in [-0.4, -0.2) is 68.8 Å². The first-order chi connectivity index (χ1) is 24.8. The average Bonchev–Trinajstić information content (AvgIpc) is 3.10. The maximum Gasteiger partial charge on any atom is 2.00 e. The van der Waals surface area contributed by atoms with E-state index in [2.05, 4.69) is 13.8 Å². The molecule has 0 saturated heterocycles. The Balaban J connectivity index is 0.000000360. The summed E-state index contributed by atoms with van der Waals surface area (Å²) < 4.78 is 75.1. The van der Waals surface area contributed by atoms with E-state index in [1.807, 2.05) is 12.1 Å². The van der Waals surface area contributed by atoms with Gasteiger partial charge in [-0.2, -0.15) is 8.42 Å². The number of benzene rings is 4. The van der Waals surface area contributed by atoms with Gasteiger partial charge in [-0.25, -0.2) is 8.42 Å². The van der Waals surface area contributed by atoms with E-state index in [1.165, 1.54) is 119 Å². The Labute approximate surface area is 345 Å². The van der Waals surface area contributed by atoms with Crippen molar-refractivity contribution in [1.82, 2.24) is 0 Å². The van der Waals surface area contributed by atoms with Gasteiger partial charge in [0.2, 0.25) is 0 Å². The molecule has 284 valence electrons. The molecular formula is C40H50CaO10S2. The minimum Gasteiger partial charge on any atom is -0.870 e. The number of ether oxygens (including phenoxy) is 2. The van der Waals surface area contributed by atoms with Crippen LogP contribution in [0.25, 0.3) is 0 Å². The third kappa shape index (κ3) is 17.4. The number of phenols is 1. The molecule has 0 aliphatic rings. The fourth-order valence-corrected chi connectivity index (χ4v) is 6.36. The number of phenolic OH excluding ortho intramolecular Hbond substituents is 1. The Hall–Kier alpha value is -2.84. The second-order valence-electron chi connectivity index (χ2n) is 12.7. The summed E-state index contributed by atoms with van der Waals surface area (Å²) >= 11 is 0. The molecule has 0 amide bonds. The molecule has 0 unspecified atom stereocenters. The summed E-state index contributed by atoms with van der Waals surface area (Å²) in [5.41, 5.74) is 2.12. The Morgan fingerprint density at radius 2 is 0.981 bits per heavy atom. The molecule has 0 aliphatic heterocycles. The molecule has 2 N–H and O–H groups in total. The fraction of sp³-hybridized carbons (Fsp3) is 0.400. The van der Waals surface area contributed by atoms with Crippen molar-refractivity contribution in [2.75, 3.05) is 0 Å². The van der Waals surface area contributed by atoms with E-state index in [1.54, 1.807) is 18.2 Å². The van der Waals surface area contributed by atoms with Gasteiger partial charge in [0.1, 0.15) is 27.4 Å². The van der Waals surface area contributed by atoms with Crippen LogP contribution in [0.15, 0.2) is 94.7 Å². The van der Waals surface area contributed by atoms with Gasteiger partial charge in [-0.05, 0) is 104 Å². The van der Waals surface area contributed by atoms with E-state index in [9.17, 15) is 31.6 Å². The average molecular weight is 795 g/mol. The quantitative estimate of drug-likeness (QED) is 0.0499. The first-order valence-corrected chi connectivity index (χ1v) is 20.8. The molecule has 0 bridgehead atoms. The molecule has 0 saturated carbocycles. The molecule has 0 spiro atoms. The number of hydrogen-bond donors (Lipinski definition) is 2. The van der Waals surface area contributed by atoms with Crippen LogP contribution in [-0.2, 0) is 33.1 Å². The van der Waals surface area contributed by atoms with Crippen LogP contribution in [0.5, 0.6) is 34.5 Å². The van der Waals surface area contributed by atoms with Crippen LogP contribution in [0.1, 0.15) is 102 Å². The minimum absolute atomic E-state index is 0. The molecule has 0 heterocycles. The van der Waals surface area contributed by atoms with E-state index in [0.717, 1.165) is 36.8 Å². The summed E-state index contributed by atoms with van der Waals surface area (Å²) in [4.78, 5) is -0.532. The molecule has 0 aromatic heterocycles. The van der Waals surface area contributed by atoms with Gasteiger partial charge in [-0.3, -0.25) is 4.55 Å². The molecule has 0 radical (unpaired) electrons. The van der Waals surface area contributed by atoms with Crippen molar-refractivity contribution in [3.8, 4) is 34.5 Å². The van der Waals surface area contributed by atoms with Crippen molar-refractivity contribution in [2.45, 2.75) is 114 Å². The minimum atomic E-state index is -4.49. The SMILES string of the molecule is CCCCCCCCc1ccc(O)c(Oc2ccc(S(=O)(=O)O)cc2)c1.CCCCCCCCc1ccc([O-])c(Oc2ccc(S(=O)(=O)[O-])cc2)c1.[Ca+2]. The van der Waals surface area contributed by atoms with Crippen LogP contribution in [0.2, 0.25) is 0 Å². The molecule has 4 aromatic rings. The zero-order valence-electron chi connectivity index (χ0n) is 30.7. The van der Waals surface area contributed by atoms with Crippen molar-refractivity contribution >= 4 is 58.0 Å². The maximum atomic E-state index is 12.0. The summed E-state index contributed by atoms with van der Waals surface area (Å²) in [5.74, 6) is 1.00. The Morgan fingerprint density at radius 1 is 0.566 bits per heavy atom. The molecule has 0 atom stereocenters. The van der Waals surface area contributed by atoms with E-state index in [4.69, 9.17) is 14.0 Å². The van der Waals surface area contributed by atoms with Gasteiger partial charge in [-0.15, -0.1) is 0 Å². The predicted molar refractivity (Wildman–Crippen MR) is 205 cm³/mol. The summed E-state index contributed by atoms with van der Waals surface area (Å²) in [7, 11) is -8.72. The zero-order chi connectivity index (χ0) is 38.0. The van der Waals surface area contributed by atoms with Crippen LogP contribution in [0.4, 0.5) is 0 Å². The number of unbranched alkanes of at least 4 members (excludes halogenated alkanes) is 10. The maximum absolute atomic E-state index is 12.0. The molecule has 0 aliphatic carbocycles. The van der Waals surface area contributed by atoms with Gasteiger partial charge in [0.25, 0.3) is 10.1 Å². The third-order valence-electron chi connectivity index (χ3n) is 8.36. The number of hydrogen-bond acceptors (Lipinski definition) is 9. The Morgan fingerprint density at radius 3 is 1.45 bits per heavy atom. The van der Waals surface area contributed by atoms with Crippen molar-refractivity contribution in [3.05, 3.63) is 96.1 Å². The third-order valence-corrected chi connectivity index (χ3v) is 10.1. The second-order valence-corrected chi connectivity index (χ2v) is 15.5. The van der Waals surface area contributed by atoms with Gasteiger partial charge in [0.15, 0.2) is 11.5 Å². The molecule has 10 nitrogen and oxygen atoms in total. The van der Waals surface area contributed by atoms with Crippen LogP contribution >= 0.6 is 0 Å². The van der Waals surface area contributed by atoms with Gasteiger partial charge in [0, 0.05) is 0 Å². The van der Waals surface area contributed by atoms with Crippen molar-refractivity contribution in [3.63, 3.8) is 0 Å². The topological polar surface area (TPSA) is 173 Å². The zero-order valence-corrected chi connectivity index (χ0v) is 34.5. The Bertz CT molecular complexity index is 1740. The standard InChI is InChI=1S/2C20H26O5S.Ca/c2*1-2-3-4-5-6-7-8-16-9-14-19(21)20(15-16)25-17-10-12-18(13-11-17)26(22,23)24;/h2*9-15,21H,2-8H2,1H3,(H,22,23,24);/q;;+2/p-2. The van der Waals surface area contributed by atoms with E-state index in [0.29, 0.717) is 17.2 Å². The first-order valence-electron chi connectivity index (χ1n) is 17.9. The molecule has 13 heteroatoms. The monoisotopic (exact) mass is 794 g/mol. The first kappa shape index (κ1) is 46.3. The summed E-state index contributed by atoms with van der Waals surface area (Å²) in [6.45, 7) is 4.40. The van der Waals surface area contributed by atoms with Crippen LogP contribution < -0.4 is 14.6 Å². The smallest absolute Gasteiger partial charge is 0.870 e. The van der Waals surface area contributed by atoms with Gasteiger partial charge in [0.05, 0.1) is 9.79 Å². The largest absolute Gasteiger partial charge is 2.00 e. The number of aryl methyl sites for hydroxylation is 2. The Kier molecular flexibility index (Phi) is 20.8. The van der Waals surface area contributed by atoms with Gasteiger partial charge >= 0.3 is 37.7 Å². The van der Waals surface area contributed by atoms with Crippen molar-refractivity contribution in [1.29, 1.82) is 0 Å². The molecule has 53 heavy (non-hydrogen) atoms. The van der Waals surface area contributed by atoms with E-state index < -0.39 is 20.2 Å². The van der Waals surface area contributed by atoms with Gasteiger partial charge < -0.3 is 24.2 Å². The van der Waals surface area contributed by atoms with E-state index >= 15 is 0 Å². The summed E-state index contributed by atoms with van der Waals surface area (Å²) in [6, 6.07) is 20.8. The number of rotatable bonds is 20. The summed E-state index contributed by atoms with van der Waals surface area (Å²) in [5, 5.41) is 22.0. The van der Waals surface area contributed by atoms with Crippen LogP contribution in [0, 0.1) is 0 Å².